The molecule has 0 bridgehead atoms. The summed E-state index contributed by atoms with van der Waals surface area (Å²) in [5, 5.41) is 1.68. The predicted octanol–water partition coefficient (Wildman–Crippen LogP) is 1.60. The average molecular weight is 339 g/mol. The Kier molecular flexibility index (Phi) is 5.50. The van der Waals surface area contributed by atoms with E-state index in [-0.39, 0.29) is 5.43 Å². The molecule has 0 radical (unpaired) electrons. The fraction of sp³-hybridized carbons (Fsp3) is 0.188. The van der Waals surface area contributed by atoms with Gasteiger partial charge in [-0.25, -0.2) is 0 Å². The van der Waals surface area contributed by atoms with E-state index in [0.29, 0.717) is 5.92 Å². The van der Waals surface area contributed by atoms with E-state index in [4.69, 9.17) is 14.0 Å². The number of hydrogen-bond donors (Lipinski definition) is 1. The maximum Gasteiger partial charge on any atom is 0.282 e. The summed E-state index contributed by atoms with van der Waals surface area (Å²) in [6.07, 6.45) is 0. The first-order valence-electron chi connectivity index (χ1n) is 6.60. The quantitative estimate of drug-likeness (QED) is 0.683. The van der Waals surface area contributed by atoms with Crippen LogP contribution in [0.5, 0.6) is 0 Å². The van der Waals surface area contributed by atoms with E-state index in [0.717, 1.165) is 20.2 Å². The van der Waals surface area contributed by atoms with Crippen LogP contribution in [0.2, 0.25) is 0 Å². The Morgan fingerprint density at radius 1 is 1.05 bits per heavy atom. The predicted molar refractivity (Wildman–Crippen MR) is 81.9 cm³/mol. The Balaban J connectivity index is 0.000000396. The minimum atomic E-state index is -2.60. The first-order chi connectivity index (χ1) is 10.4. The fourth-order valence-corrected chi connectivity index (χ4v) is 3.23. The van der Waals surface area contributed by atoms with Crippen molar-refractivity contribution in [3.05, 3.63) is 58.3 Å². The molecule has 0 saturated carbocycles. The van der Waals surface area contributed by atoms with Crippen LogP contribution in [0.4, 0.5) is 0 Å². The lowest BCUT2D eigenvalue weighted by molar-refractivity contribution is -1.63. The van der Waals surface area contributed by atoms with Crippen LogP contribution in [0, 0.1) is 10.8 Å². The number of rotatable bonds is 1. The van der Waals surface area contributed by atoms with E-state index in [1.54, 1.807) is 11.3 Å². The van der Waals surface area contributed by atoms with Gasteiger partial charge in [0.2, 0.25) is 0 Å². The first-order valence-corrected chi connectivity index (χ1v) is 8.37. The smallest absolute Gasteiger partial charge is 0.282 e. The first kappa shape index (κ1) is 16.9. The molecule has 116 valence electrons. The van der Waals surface area contributed by atoms with Gasteiger partial charge >= 0.3 is 0 Å². The van der Waals surface area contributed by atoms with Crippen LogP contribution < -0.4 is 14.7 Å². The molecule has 3 aromatic rings. The van der Waals surface area contributed by atoms with Crippen molar-refractivity contribution in [3.8, 4) is 0 Å². The average Bonchev–Trinajstić information content (AvgIpc) is 2.46. The summed E-state index contributed by atoms with van der Waals surface area (Å²) in [7, 11) is -2.60. The fourth-order valence-electron chi connectivity index (χ4n) is 2.18. The van der Waals surface area contributed by atoms with Gasteiger partial charge in [-0.15, -0.1) is 11.3 Å². The summed E-state index contributed by atoms with van der Waals surface area (Å²) in [6, 6.07) is 14.1. The highest BCUT2D eigenvalue weighted by Crippen LogP contribution is 2.26. The van der Waals surface area contributed by atoms with Crippen LogP contribution >= 0.6 is 11.3 Å². The van der Waals surface area contributed by atoms with Crippen LogP contribution in [0.25, 0.3) is 20.2 Å². The van der Waals surface area contributed by atoms with Crippen LogP contribution in [0.1, 0.15) is 25.3 Å². The van der Waals surface area contributed by atoms with Gasteiger partial charge in [-0.05, 0) is 35.7 Å². The molecule has 0 amide bonds. The molecule has 0 spiro atoms. The van der Waals surface area contributed by atoms with Gasteiger partial charge in [0.1, 0.15) is 0 Å². The van der Waals surface area contributed by atoms with Crippen molar-refractivity contribution < 1.29 is 24.8 Å². The largest absolute Gasteiger partial charge is 0.321 e. The highest BCUT2D eigenvalue weighted by molar-refractivity contribution is 7.24. The molecule has 3 rings (SSSR count). The third-order valence-electron chi connectivity index (χ3n) is 3.27. The SMILES string of the molecule is CC(C)c1ccc2sc3ccccc3c(=O)c2c1.[O-][Cl+2]([O-])O. The molecule has 22 heavy (non-hydrogen) atoms. The standard InChI is InChI=1S/C16H14OS.ClHO3/c1-10(2)11-7-8-15-13(9-11)16(17)12-5-3-4-6-14(12)18-15;2-1(3)4/h3-10H,1-2H3;2H. The molecular formula is C16H15ClO4S. The molecule has 2 aromatic carbocycles. The van der Waals surface area contributed by atoms with Crippen molar-refractivity contribution in [1.82, 2.24) is 0 Å². The minimum absolute atomic E-state index is 0.154. The van der Waals surface area contributed by atoms with Crippen molar-refractivity contribution in [1.29, 1.82) is 0 Å². The minimum Gasteiger partial charge on any atom is -0.321 e. The van der Waals surface area contributed by atoms with Crippen molar-refractivity contribution in [2.75, 3.05) is 0 Å². The van der Waals surface area contributed by atoms with Crippen molar-refractivity contribution in [2.45, 2.75) is 19.8 Å². The van der Waals surface area contributed by atoms with E-state index in [1.807, 2.05) is 30.3 Å². The monoisotopic (exact) mass is 338 g/mol. The van der Waals surface area contributed by atoms with Gasteiger partial charge in [0, 0.05) is 24.8 Å². The summed E-state index contributed by atoms with van der Waals surface area (Å²) >= 11 is 1.69. The Labute approximate surface area is 134 Å². The maximum absolute atomic E-state index is 12.5. The molecule has 0 atom stereocenters. The summed E-state index contributed by atoms with van der Waals surface area (Å²) < 4.78 is 26.1. The molecule has 1 N–H and O–H groups in total. The highest BCUT2D eigenvalue weighted by Gasteiger charge is 2.07. The van der Waals surface area contributed by atoms with E-state index in [1.165, 1.54) is 5.56 Å². The Morgan fingerprint density at radius 2 is 1.64 bits per heavy atom. The molecule has 4 nitrogen and oxygen atoms in total. The third kappa shape index (κ3) is 3.82. The van der Waals surface area contributed by atoms with E-state index >= 15 is 0 Å². The van der Waals surface area contributed by atoms with Crippen LogP contribution in [0.3, 0.4) is 0 Å². The number of benzene rings is 2. The molecule has 1 aromatic heterocycles. The van der Waals surface area contributed by atoms with Gasteiger partial charge in [-0.2, -0.15) is 0 Å². The van der Waals surface area contributed by atoms with E-state index < -0.39 is 10.8 Å². The van der Waals surface area contributed by atoms with E-state index in [9.17, 15) is 4.79 Å². The molecule has 6 heteroatoms. The molecule has 1 heterocycles. The number of fused-ring (bicyclic) bond motifs is 2. The van der Waals surface area contributed by atoms with Crippen LogP contribution in [0.15, 0.2) is 47.3 Å². The molecule has 0 fully saturated rings. The zero-order valence-corrected chi connectivity index (χ0v) is 13.6. The summed E-state index contributed by atoms with van der Waals surface area (Å²) in [6.45, 7) is 4.30. The van der Waals surface area contributed by atoms with Gasteiger partial charge < -0.3 is 9.32 Å². The zero-order valence-electron chi connectivity index (χ0n) is 12.1. The number of halogens is 1. The van der Waals surface area contributed by atoms with E-state index in [2.05, 4.69) is 26.0 Å². The van der Waals surface area contributed by atoms with Crippen molar-refractivity contribution in [3.63, 3.8) is 0 Å². The molecule has 0 aliphatic carbocycles. The van der Waals surface area contributed by atoms with Gasteiger partial charge in [-0.3, -0.25) is 4.79 Å². The van der Waals surface area contributed by atoms with Gasteiger partial charge in [0.05, 0.1) is 0 Å². The molecule has 0 aliphatic heterocycles. The van der Waals surface area contributed by atoms with Crippen LogP contribution in [-0.2, 0) is 0 Å². The molecule has 0 unspecified atom stereocenters. The van der Waals surface area contributed by atoms with Gasteiger partial charge in [0.25, 0.3) is 10.8 Å². The Bertz CT molecular complexity index is 840. The normalized spacial score (nSPS) is 11.0. The lowest BCUT2D eigenvalue weighted by Crippen LogP contribution is -2.30. The Morgan fingerprint density at radius 3 is 2.27 bits per heavy atom. The van der Waals surface area contributed by atoms with Crippen molar-refractivity contribution in [2.24, 2.45) is 0 Å². The van der Waals surface area contributed by atoms with Crippen LogP contribution in [-0.4, -0.2) is 4.66 Å². The summed E-state index contributed by atoms with van der Waals surface area (Å²) in [5.41, 5.74) is 1.38. The highest BCUT2D eigenvalue weighted by atomic mass is 35.6. The second-order valence-corrected chi connectivity index (χ2v) is 6.52. The molecule has 0 saturated heterocycles. The maximum atomic E-state index is 12.5. The second-order valence-electron chi connectivity index (χ2n) is 5.04. The topological polar surface area (TPSA) is 83.4 Å². The van der Waals surface area contributed by atoms with Gasteiger partial charge in [0.15, 0.2) is 5.43 Å². The lowest BCUT2D eigenvalue weighted by atomic mass is 10.0. The van der Waals surface area contributed by atoms with Gasteiger partial charge in [-0.1, -0.05) is 32.0 Å². The summed E-state index contributed by atoms with van der Waals surface area (Å²) in [5.74, 6) is 0.449. The van der Waals surface area contributed by atoms with Crippen molar-refractivity contribution >= 4 is 31.5 Å². The second kappa shape index (κ2) is 7.17. The Hall–Kier alpha value is -1.50. The summed E-state index contributed by atoms with van der Waals surface area (Å²) in [4.78, 5) is 12.5. The number of hydrogen-bond acceptors (Lipinski definition) is 5. The lowest BCUT2D eigenvalue weighted by Gasteiger charge is -2.07. The molecule has 0 aliphatic rings. The third-order valence-corrected chi connectivity index (χ3v) is 4.42. The molecular weight excluding hydrogens is 324 g/mol. The zero-order chi connectivity index (χ0) is 16.3.